The van der Waals surface area contributed by atoms with Crippen molar-refractivity contribution in [3.63, 3.8) is 0 Å². The van der Waals surface area contributed by atoms with Gasteiger partial charge in [-0.3, -0.25) is 4.79 Å². The van der Waals surface area contributed by atoms with E-state index in [0.717, 1.165) is 12.8 Å². The fourth-order valence-electron chi connectivity index (χ4n) is 1.41. The molecular formula is C11H17NO3. The van der Waals surface area contributed by atoms with Gasteiger partial charge in [0.1, 0.15) is 0 Å². The summed E-state index contributed by atoms with van der Waals surface area (Å²) in [6.45, 7) is 2.60. The molecule has 0 saturated heterocycles. The van der Waals surface area contributed by atoms with Crippen LogP contribution in [0.4, 0.5) is 0 Å². The Bertz CT molecular complexity index is 276. The van der Waals surface area contributed by atoms with Crippen molar-refractivity contribution in [1.82, 2.24) is 5.32 Å². The minimum Gasteiger partial charge on any atom is -0.459 e. The lowest BCUT2D eigenvalue weighted by atomic mass is 10.2. The van der Waals surface area contributed by atoms with Crippen LogP contribution in [0.1, 0.15) is 30.3 Å². The van der Waals surface area contributed by atoms with E-state index in [1.807, 2.05) is 0 Å². The summed E-state index contributed by atoms with van der Waals surface area (Å²) in [6, 6.07) is 3.39. The van der Waals surface area contributed by atoms with Gasteiger partial charge in [0.2, 0.25) is 0 Å². The molecule has 0 aromatic carbocycles. The number of hydrogen-bond acceptors (Lipinski definition) is 3. The number of carbonyl (C=O) groups is 1. The zero-order valence-corrected chi connectivity index (χ0v) is 9.16. The number of rotatable bonds is 6. The molecular weight excluding hydrogens is 194 g/mol. The third kappa shape index (κ3) is 3.75. The summed E-state index contributed by atoms with van der Waals surface area (Å²) in [5.41, 5.74) is 0. The van der Waals surface area contributed by atoms with E-state index >= 15 is 0 Å². The van der Waals surface area contributed by atoms with Crippen molar-refractivity contribution in [3.05, 3.63) is 24.2 Å². The average Bonchev–Trinajstić information content (AvgIpc) is 2.71. The van der Waals surface area contributed by atoms with Gasteiger partial charge in [0.05, 0.1) is 18.9 Å². The van der Waals surface area contributed by atoms with Gasteiger partial charge in [-0.15, -0.1) is 0 Å². The van der Waals surface area contributed by atoms with Crippen molar-refractivity contribution in [1.29, 1.82) is 0 Å². The van der Waals surface area contributed by atoms with E-state index < -0.39 is 0 Å². The summed E-state index contributed by atoms with van der Waals surface area (Å²) in [4.78, 5) is 11.6. The summed E-state index contributed by atoms with van der Waals surface area (Å²) < 4.78 is 10.0. The van der Waals surface area contributed by atoms with E-state index in [4.69, 9.17) is 9.15 Å². The molecule has 0 spiro atoms. The number of nitrogens with one attached hydrogen (secondary N) is 1. The van der Waals surface area contributed by atoms with Gasteiger partial charge in [-0.25, -0.2) is 0 Å². The number of carbonyl (C=O) groups excluding carboxylic acids is 1. The number of amides is 1. The SMILES string of the molecule is CCCC(COC)NC(=O)c1ccco1. The quantitative estimate of drug-likeness (QED) is 0.781. The van der Waals surface area contributed by atoms with Crippen molar-refractivity contribution in [2.45, 2.75) is 25.8 Å². The van der Waals surface area contributed by atoms with Crippen LogP contribution < -0.4 is 5.32 Å². The Labute approximate surface area is 89.6 Å². The first-order valence-electron chi connectivity index (χ1n) is 5.11. The van der Waals surface area contributed by atoms with Gasteiger partial charge >= 0.3 is 0 Å². The monoisotopic (exact) mass is 211 g/mol. The molecule has 1 atom stereocenters. The van der Waals surface area contributed by atoms with Gasteiger partial charge in [-0.2, -0.15) is 0 Å². The fraction of sp³-hybridized carbons (Fsp3) is 0.545. The maximum absolute atomic E-state index is 11.6. The maximum atomic E-state index is 11.6. The summed E-state index contributed by atoms with van der Waals surface area (Å²) >= 11 is 0. The molecule has 0 radical (unpaired) electrons. The Morgan fingerprint density at radius 3 is 3.00 bits per heavy atom. The van der Waals surface area contributed by atoms with Crippen molar-refractivity contribution in [3.8, 4) is 0 Å². The second kappa shape index (κ2) is 6.24. The highest BCUT2D eigenvalue weighted by atomic mass is 16.5. The van der Waals surface area contributed by atoms with Gasteiger partial charge in [0, 0.05) is 7.11 Å². The minimum atomic E-state index is -0.185. The van der Waals surface area contributed by atoms with Crippen LogP contribution in [0.15, 0.2) is 22.8 Å². The minimum absolute atomic E-state index is 0.0533. The Hall–Kier alpha value is -1.29. The van der Waals surface area contributed by atoms with Gasteiger partial charge in [-0.1, -0.05) is 13.3 Å². The third-order valence-corrected chi connectivity index (χ3v) is 2.09. The highest BCUT2D eigenvalue weighted by Crippen LogP contribution is 2.03. The molecule has 0 aliphatic heterocycles. The average molecular weight is 211 g/mol. The molecule has 0 aliphatic carbocycles. The zero-order chi connectivity index (χ0) is 11.1. The largest absolute Gasteiger partial charge is 0.459 e. The predicted octanol–water partition coefficient (Wildman–Crippen LogP) is 1.82. The second-order valence-electron chi connectivity index (χ2n) is 3.39. The van der Waals surface area contributed by atoms with Crippen LogP contribution in [-0.4, -0.2) is 25.7 Å². The van der Waals surface area contributed by atoms with Crippen LogP contribution in [-0.2, 0) is 4.74 Å². The zero-order valence-electron chi connectivity index (χ0n) is 9.16. The predicted molar refractivity (Wildman–Crippen MR) is 56.7 cm³/mol. The summed E-state index contributed by atoms with van der Waals surface area (Å²) in [5.74, 6) is 0.155. The number of methoxy groups -OCH3 is 1. The Morgan fingerprint density at radius 2 is 2.47 bits per heavy atom. The molecule has 1 aromatic heterocycles. The lowest BCUT2D eigenvalue weighted by Gasteiger charge is -2.15. The molecule has 0 aliphatic rings. The first-order chi connectivity index (χ1) is 7.27. The Morgan fingerprint density at radius 1 is 1.67 bits per heavy atom. The number of furan rings is 1. The van der Waals surface area contributed by atoms with E-state index in [1.54, 1.807) is 19.2 Å². The van der Waals surface area contributed by atoms with Crippen LogP contribution in [0.3, 0.4) is 0 Å². The van der Waals surface area contributed by atoms with Crippen LogP contribution in [0.2, 0.25) is 0 Å². The van der Waals surface area contributed by atoms with E-state index in [1.165, 1.54) is 6.26 Å². The first-order valence-corrected chi connectivity index (χ1v) is 5.11. The smallest absolute Gasteiger partial charge is 0.287 e. The van der Waals surface area contributed by atoms with Crippen molar-refractivity contribution in [2.24, 2.45) is 0 Å². The summed E-state index contributed by atoms with van der Waals surface area (Å²) in [5, 5.41) is 2.86. The maximum Gasteiger partial charge on any atom is 0.287 e. The van der Waals surface area contributed by atoms with Gasteiger partial charge in [-0.05, 0) is 18.6 Å². The van der Waals surface area contributed by atoms with Gasteiger partial charge < -0.3 is 14.5 Å². The van der Waals surface area contributed by atoms with Crippen molar-refractivity contribution >= 4 is 5.91 Å². The fourth-order valence-corrected chi connectivity index (χ4v) is 1.41. The molecule has 1 aromatic rings. The lowest BCUT2D eigenvalue weighted by Crippen LogP contribution is -2.37. The molecule has 4 heteroatoms. The molecule has 1 unspecified atom stereocenters. The van der Waals surface area contributed by atoms with Crippen molar-refractivity contribution in [2.75, 3.05) is 13.7 Å². The van der Waals surface area contributed by atoms with E-state index in [0.29, 0.717) is 12.4 Å². The standard InChI is InChI=1S/C11H17NO3/c1-3-5-9(8-14-2)12-11(13)10-6-4-7-15-10/h4,6-7,9H,3,5,8H2,1-2H3,(H,12,13). The van der Waals surface area contributed by atoms with Crippen LogP contribution in [0.25, 0.3) is 0 Å². The van der Waals surface area contributed by atoms with Gasteiger partial charge in [0.25, 0.3) is 5.91 Å². The molecule has 1 rings (SSSR count). The highest BCUT2D eigenvalue weighted by Gasteiger charge is 2.14. The molecule has 0 bridgehead atoms. The Kier molecular flexibility index (Phi) is 4.90. The van der Waals surface area contributed by atoms with Crippen LogP contribution in [0.5, 0.6) is 0 Å². The highest BCUT2D eigenvalue weighted by molar-refractivity contribution is 5.91. The van der Waals surface area contributed by atoms with Gasteiger partial charge in [0.15, 0.2) is 5.76 Å². The normalized spacial score (nSPS) is 12.4. The molecule has 4 nitrogen and oxygen atoms in total. The van der Waals surface area contributed by atoms with E-state index in [-0.39, 0.29) is 11.9 Å². The molecule has 84 valence electrons. The number of ether oxygens (including phenoxy) is 1. The summed E-state index contributed by atoms with van der Waals surface area (Å²) in [7, 11) is 1.63. The Balaban J connectivity index is 2.47. The third-order valence-electron chi connectivity index (χ3n) is 2.09. The van der Waals surface area contributed by atoms with Crippen LogP contribution in [0, 0.1) is 0 Å². The topological polar surface area (TPSA) is 51.5 Å². The van der Waals surface area contributed by atoms with E-state index in [9.17, 15) is 4.79 Å². The van der Waals surface area contributed by atoms with E-state index in [2.05, 4.69) is 12.2 Å². The second-order valence-corrected chi connectivity index (χ2v) is 3.39. The molecule has 1 N–H and O–H groups in total. The number of hydrogen-bond donors (Lipinski definition) is 1. The molecule has 1 heterocycles. The molecule has 1 amide bonds. The van der Waals surface area contributed by atoms with Crippen molar-refractivity contribution < 1.29 is 13.9 Å². The first kappa shape index (κ1) is 11.8. The molecule has 15 heavy (non-hydrogen) atoms. The molecule has 0 fully saturated rings. The molecule has 0 saturated carbocycles. The summed E-state index contributed by atoms with van der Waals surface area (Å²) in [6.07, 6.45) is 3.40. The lowest BCUT2D eigenvalue weighted by molar-refractivity contribution is 0.0864. The van der Waals surface area contributed by atoms with Crippen LogP contribution >= 0.6 is 0 Å².